The molecular weight excluding hydrogens is 356 g/mol. The first-order valence-corrected chi connectivity index (χ1v) is 9.43. The van der Waals surface area contributed by atoms with Gasteiger partial charge in [-0.05, 0) is 50.1 Å². The Balaban J connectivity index is 2.02. The quantitative estimate of drug-likeness (QED) is 0.684. The average Bonchev–Trinajstić information content (AvgIpc) is 2.73. The van der Waals surface area contributed by atoms with Gasteiger partial charge >= 0.3 is 0 Å². The van der Waals surface area contributed by atoms with E-state index in [9.17, 15) is 9.59 Å². The van der Waals surface area contributed by atoms with Crippen LogP contribution in [0.15, 0.2) is 54.6 Å². The zero-order valence-corrected chi connectivity index (χ0v) is 16.7. The van der Waals surface area contributed by atoms with Crippen LogP contribution in [-0.4, -0.2) is 49.6 Å². The number of hydrogen-bond donors (Lipinski definition) is 1. The van der Waals surface area contributed by atoms with E-state index >= 15 is 0 Å². The highest BCUT2D eigenvalue weighted by Crippen LogP contribution is 2.17. The maximum Gasteiger partial charge on any atom is 0.261 e. The molecular formula is C22H28N2O4. The molecule has 0 heterocycles. The Labute approximate surface area is 166 Å². The number of ether oxygens (including phenoxy) is 2. The summed E-state index contributed by atoms with van der Waals surface area (Å²) in [7, 11) is 1.59. The lowest BCUT2D eigenvalue weighted by Crippen LogP contribution is -2.50. The number of carbonyl (C=O) groups excluding carboxylic acids is 2. The van der Waals surface area contributed by atoms with Gasteiger partial charge in [-0.15, -0.1) is 0 Å². The van der Waals surface area contributed by atoms with Gasteiger partial charge in [-0.1, -0.05) is 30.3 Å². The molecule has 2 rings (SSSR count). The fourth-order valence-corrected chi connectivity index (χ4v) is 2.79. The van der Waals surface area contributed by atoms with E-state index in [4.69, 9.17) is 9.47 Å². The lowest BCUT2D eigenvalue weighted by atomic mass is 10.1. The number of nitrogens with zero attached hydrogens (tertiary/aromatic N) is 1. The highest BCUT2D eigenvalue weighted by atomic mass is 16.5. The fraction of sp³-hybridized carbons (Fsp3) is 0.364. The van der Waals surface area contributed by atoms with Crippen LogP contribution in [0.4, 0.5) is 0 Å². The number of methoxy groups -OCH3 is 1. The van der Waals surface area contributed by atoms with Crippen LogP contribution in [0, 0.1) is 0 Å². The Bertz CT molecular complexity index is 747. The fourth-order valence-electron chi connectivity index (χ4n) is 2.79. The van der Waals surface area contributed by atoms with Crippen LogP contribution in [-0.2, 0) is 16.0 Å². The third-order valence-electron chi connectivity index (χ3n) is 4.42. The molecule has 0 radical (unpaired) electrons. The van der Waals surface area contributed by atoms with E-state index in [-0.39, 0.29) is 18.4 Å². The molecule has 6 nitrogen and oxygen atoms in total. The first-order chi connectivity index (χ1) is 13.5. The predicted octanol–water partition coefficient (Wildman–Crippen LogP) is 2.67. The van der Waals surface area contributed by atoms with Crippen molar-refractivity contribution in [1.82, 2.24) is 10.2 Å². The number of amides is 2. The van der Waals surface area contributed by atoms with E-state index in [1.807, 2.05) is 37.3 Å². The van der Waals surface area contributed by atoms with Crippen molar-refractivity contribution in [1.29, 1.82) is 0 Å². The van der Waals surface area contributed by atoms with Crippen LogP contribution in [0.2, 0.25) is 0 Å². The molecule has 2 amide bonds. The summed E-state index contributed by atoms with van der Waals surface area (Å²) in [5, 5.41) is 2.78. The first kappa shape index (κ1) is 21.3. The smallest absolute Gasteiger partial charge is 0.261 e. The van der Waals surface area contributed by atoms with Crippen molar-refractivity contribution < 1.29 is 19.1 Å². The topological polar surface area (TPSA) is 67.9 Å². The van der Waals surface area contributed by atoms with Crippen LogP contribution in [0.5, 0.6) is 11.5 Å². The summed E-state index contributed by atoms with van der Waals surface area (Å²) in [5.41, 5.74) is 1.11. The molecule has 0 bridgehead atoms. The number of benzene rings is 2. The van der Waals surface area contributed by atoms with Crippen molar-refractivity contribution >= 4 is 11.8 Å². The molecule has 0 aliphatic heterocycles. The van der Waals surface area contributed by atoms with E-state index in [0.717, 1.165) is 5.56 Å². The van der Waals surface area contributed by atoms with Crippen LogP contribution in [0.1, 0.15) is 19.4 Å². The number of likely N-dealkylation sites (N-methyl/N-ethyl adjacent to an activating group) is 1. The Kier molecular flexibility index (Phi) is 8.34. The van der Waals surface area contributed by atoms with E-state index < -0.39 is 6.04 Å². The third-order valence-corrected chi connectivity index (χ3v) is 4.42. The normalized spacial score (nSPS) is 11.4. The zero-order chi connectivity index (χ0) is 20.4. The molecule has 0 aliphatic rings. The molecule has 1 unspecified atom stereocenters. The first-order valence-electron chi connectivity index (χ1n) is 9.43. The minimum absolute atomic E-state index is 0.134. The van der Waals surface area contributed by atoms with Crippen LogP contribution >= 0.6 is 0 Å². The van der Waals surface area contributed by atoms with Crippen LogP contribution < -0.4 is 14.8 Å². The second-order valence-corrected chi connectivity index (χ2v) is 6.36. The maximum atomic E-state index is 12.8. The molecule has 0 aromatic heterocycles. The average molecular weight is 384 g/mol. The van der Waals surface area contributed by atoms with Gasteiger partial charge in [0.05, 0.1) is 7.11 Å². The van der Waals surface area contributed by atoms with Crippen molar-refractivity contribution in [2.75, 3.05) is 26.8 Å². The Morgan fingerprint density at radius 3 is 2.29 bits per heavy atom. The minimum Gasteiger partial charge on any atom is -0.497 e. The summed E-state index contributed by atoms with van der Waals surface area (Å²) in [4.78, 5) is 26.7. The summed E-state index contributed by atoms with van der Waals surface area (Å²) >= 11 is 0. The van der Waals surface area contributed by atoms with Gasteiger partial charge in [-0.2, -0.15) is 0 Å². The lowest BCUT2D eigenvalue weighted by molar-refractivity contribution is -0.141. The highest BCUT2D eigenvalue weighted by Gasteiger charge is 2.25. The molecule has 28 heavy (non-hydrogen) atoms. The lowest BCUT2D eigenvalue weighted by Gasteiger charge is -2.28. The molecule has 0 fully saturated rings. The Hall–Kier alpha value is -3.02. The van der Waals surface area contributed by atoms with Crippen molar-refractivity contribution in [3.05, 3.63) is 60.2 Å². The van der Waals surface area contributed by atoms with Gasteiger partial charge in [0, 0.05) is 13.1 Å². The molecule has 2 aromatic carbocycles. The molecule has 0 saturated heterocycles. The van der Waals surface area contributed by atoms with Gasteiger partial charge < -0.3 is 19.7 Å². The minimum atomic E-state index is -0.573. The van der Waals surface area contributed by atoms with E-state index in [2.05, 4.69) is 5.32 Å². The summed E-state index contributed by atoms with van der Waals surface area (Å²) in [6.07, 6.45) is 0.666. The van der Waals surface area contributed by atoms with E-state index in [1.165, 1.54) is 0 Å². The van der Waals surface area contributed by atoms with Crippen molar-refractivity contribution in [3.8, 4) is 11.5 Å². The largest absolute Gasteiger partial charge is 0.497 e. The van der Waals surface area contributed by atoms with Gasteiger partial charge in [0.15, 0.2) is 6.61 Å². The standard InChI is InChI=1S/C22H28N2O4/c1-4-23-22(26)17(2)24(15-14-18-8-6-5-7-9-18)21(25)16-28-20-12-10-19(27-3)11-13-20/h5-13,17H,4,14-16H2,1-3H3,(H,23,26). The van der Waals surface area contributed by atoms with Gasteiger partial charge in [-0.25, -0.2) is 0 Å². The molecule has 2 aromatic rings. The van der Waals surface area contributed by atoms with Crippen molar-refractivity contribution in [2.45, 2.75) is 26.3 Å². The monoisotopic (exact) mass is 384 g/mol. The number of carbonyl (C=O) groups is 2. The van der Waals surface area contributed by atoms with Gasteiger partial charge in [0.25, 0.3) is 5.91 Å². The summed E-state index contributed by atoms with van der Waals surface area (Å²) in [6, 6.07) is 16.3. The molecule has 0 aliphatic carbocycles. The summed E-state index contributed by atoms with van der Waals surface area (Å²) in [5.74, 6) is 0.884. The molecule has 150 valence electrons. The Morgan fingerprint density at radius 2 is 1.68 bits per heavy atom. The van der Waals surface area contributed by atoms with Crippen molar-refractivity contribution in [3.63, 3.8) is 0 Å². The molecule has 1 N–H and O–H groups in total. The zero-order valence-electron chi connectivity index (χ0n) is 16.7. The third kappa shape index (κ3) is 6.30. The second-order valence-electron chi connectivity index (χ2n) is 6.36. The summed E-state index contributed by atoms with van der Waals surface area (Å²) in [6.45, 7) is 4.42. The molecule has 1 atom stereocenters. The van der Waals surface area contributed by atoms with Crippen LogP contribution in [0.3, 0.4) is 0 Å². The number of nitrogens with one attached hydrogen (secondary N) is 1. The second kappa shape index (κ2) is 11.0. The van der Waals surface area contributed by atoms with Gasteiger partial charge in [0.1, 0.15) is 17.5 Å². The van der Waals surface area contributed by atoms with Gasteiger partial charge in [0.2, 0.25) is 5.91 Å². The predicted molar refractivity (Wildman–Crippen MR) is 108 cm³/mol. The van der Waals surface area contributed by atoms with E-state index in [0.29, 0.717) is 31.0 Å². The van der Waals surface area contributed by atoms with Crippen LogP contribution in [0.25, 0.3) is 0 Å². The summed E-state index contributed by atoms with van der Waals surface area (Å²) < 4.78 is 10.7. The van der Waals surface area contributed by atoms with Crippen molar-refractivity contribution in [2.24, 2.45) is 0 Å². The van der Waals surface area contributed by atoms with Gasteiger partial charge in [-0.3, -0.25) is 9.59 Å². The number of rotatable bonds is 10. The molecule has 0 saturated carbocycles. The number of hydrogen-bond acceptors (Lipinski definition) is 4. The molecule has 6 heteroatoms. The SMILES string of the molecule is CCNC(=O)C(C)N(CCc1ccccc1)C(=O)COc1ccc(OC)cc1. The maximum absolute atomic E-state index is 12.8. The highest BCUT2D eigenvalue weighted by molar-refractivity contribution is 5.87. The molecule has 0 spiro atoms. The van der Waals surface area contributed by atoms with E-state index in [1.54, 1.807) is 43.2 Å². The Morgan fingerprint density at radius 1 is 1.04 bits per heavy atom.